The van der Waals surface area contributed by atoms with Crippen molar-refractivity contribution in [1.82, 2.24) is 9.78 Å². The quantitative estimate of drug-likeness (QED) is 0.778. The summed E-state index contributed by atoms with van der Waals surface area (Å²) >= 11 is 0. The summed E-state index contributed by atoms with van der Waals surface area (Å²) in [7, 11) is 0. The van der Waals surface area contributed by atoms with Gasteiger partial charge in [-0.05, 0) is 33.1 Å². The third-order valence-electron chi connectivity index (χ3n) is 2.65. The van der Waals surface area contributed by atoms with E-state index in [0.717, 1.165) is 30.5 Å². The summed E-state index contributed by atoms with van der Waals surface area (Å²) in [6, 6.07) is 0.245. The molecule has 0 fully saturated rings. The third kappa shape index (κ3) is 1.22. The minimum absolute atomic E-state index is 0.245. The molecule has 76 valence electrons. The molecule has 4 heteroatoms. The predicted molar refractivity (Wildman–Crippen MR) is 51.6 cm³/mol. The van der Waals surface area contributed by atoms with Crippen LogP contribution in [0.5, 0.6) is 0 Å². The molecular formula is C10H14N2O2. The predicted octanol–water partition coefficient (Wildman–Crippen LogP) is 1.65. The number of nitrogens with zero attached hydrogens (tertiary/aromatic N) is 2. The highest BCUT2D eigenvalue weighted by atomic mass is 16.4. The van der Waals surface area contributed by atoms with Crippen molar-refractivity contribution in [2.45, 2.75) is 39.2 Å². The van der Waals surface area contributed by atoms with E-state index in [2.05, 4.69) is 5.10 Å². The highest BCUT2D eigenvalue weighted by Crippen LogP contribution is 2.27. The minimum Gasteiger partial charge on any atom is -0.476 e. The largest absolute Gasteiger partial charge is 0.476 e. The lowest BCUT2D eigenvalue weighted by Crippen LogP contribution is -2.08. The van der Waals surface area contributed by atoms with Crippen LogP contribution in [0.25, 0.3) is 0 Å². The van der Waals surface area contributed by atoms with Gasteiger partial charge in [0.1, 0.15) is 0 Å². The maximum atomic E-state index is 10.9. The Balaban J connectivity index is 2.55. The molecule has 0 bridgehead atoms. The molecule has 0 atom stereocenters. The van der Waals surface area contributed by atoms with Crippen molar-refractivity contribution in [1.29, 1.82) is 0 Å². The van der Waals surface area contributed by atoms with Crippen LogP contribution >= 0.6 is 0 Å². The Morgan fingerprint density at radius 2 is 2.21 bits per heavy atom. The van der Waals surface area contributed by atoms with Crippen LogP contribution in [-0.2, 0) is 12.8 Å². The molecule has 1 aromatic rings. The van der Waals surface area contributed by atoms with Gasteiger partial charge < -0.3 is 5.11 Å². The number of carboxylic acid groups (broad SMARTS) is 1. The number of carboxylic acids is 1. The molecule has 1 heterocycles. The highest BCUT2D eigenvalue weighted by Gasteiger charge is 2.26. The third-order valence-corrected chi connectivity index (χ3v) is 2.65. The van der Waals surface area contributed by atoms with Crippen LogP contribution < -0.4 is 0 Å². The monoisotopic (exact) mass is 194 g/mol. The van der Waals surface area contributed by atoms with Gasteiger partial charge >= 0.3 is 5.97 Å². The van der Waals surface area contributed by atoms with Gasteiger partial charge in [0.05, 0.1) is 0 Å². The second-order valence-electron chi connectivity index (χ2n) is 3.97. The lowest BCUT2D eigenvalue weighted by molar-refractivity contribution is 0.0688. The minimum atomic E-state index is -0.900. The topological polar surface area (TPSA) is 55.1 Å². The van der Waals surface area contributed by atoms with Crippen LogP contribution in [0, 0.1) is 0 Å². The van der Waals surface area contributed by atoms with E-state index in [-0.39, 0.29) is 11.7 Å². The first-order valence-electron chi connectivity index (χ1n) is 4.94. The lowest BCUT2D eigenvalue weighted by atomic mass is 10.2. The summed E-state index contributed by atoms with van der Waals surface area (Å²) in [5.74, 6) is -0.900. The molecule has 0 saturated carbocycles. The van der Waals surface area contributed by atoms with E-state index in [1.165, 1.54) is 0 Å². The average molecular weight is 194 g/mol. The van der Waals surface area contributed by atoms with Crippen LogP contribution in [0.3, 0.4) is 0 Å². The first-order chi connectivity index (χ1) is 6.61. The normalized spacial score (nSPS) is 14.8. The maximum Gasteiger partial charge on any atom is 0.356 e. The number of carbonyl (C=O) groups is 1. The summed E-state index contributed by atoms with van der Waals surface area (Å²) in [6.45, 7) is 4.05. The first-order valence-corrected chi connectivity index (χ1v) is 4.94. The molecule has 1 aromatic heterocycles. The molecule has 1 N–H and O–H groups in total. The van der Waals surface area contributed by atoms with Gasteiger partial charge in [-0.1, -0.05) is 0 Å². The Bertz CT molecular complexity index is 380. The van der Waals surface area contributed by atoms with Crippen molar-refractivity contribution >= 4 is 5.97 Å². The molecule has 0 amide bonds. The molecule has 14 heavy (non-hydrogen) atoms. The van der Waals surface area contributed by atoms with E-state index in [9.17, 15) is 4.79 Å². The summed E-state index contributed by atoms with van der Waals surface area (Å²) in [5, 5.41) is 13.1. The lowest BCUT2D eigenvalue weighted by Gasteiger charge is -2.08. The van der Waals surface area contributed by atoms with Gasteiger partial charge in [0, 0.05) is 17.3 Å². The van der Waals surface area contributed by atoms with Crippen LogP contribution in [0.4, 0.5) is 0 Å². The zero-order valence-corrected chi connectivity index (χ0v) is 8.45. The van der Waals surface area contributed by atoms with Crippen LogP contribution in [0.15, 0.2) is 0 Å². The Labute approximate surface area is 82.5 Å². The smallest absolute Gasteiger partial charge is 0.356 e. The van der Waals surface area contributed by atoms with Crippen molar-refractivity contribution in [2.75, 3.05) is 0 Å². The van der Waals surface area contributed by atoms with Crippen LogP contribution in [0.2, 0.25) is 0 Å². The van der Waals surface area contributed by atoms with Gasteiger partial charge in [-0.2, -0.15) is 5.10 Å². The highest BCUT2D eigenvalue weighted by molar-refractivity contribution is 5.87. The Kier molecular flexibility index (Phi) is 2.06. The second kappa shape index (κ2) is 3.12. The fraction of sp³-hybridized carbons (Fsp3) is 0.600. The van der Waals surface area contributed by atoms with Gasteiger partial charge in [0.25, 0.3) is 0 Å². The SMILES string of the molecule is CC(C)n1nc(C(=O)O)c2c1CCC2. The summed E-state index contributed by atoms with van der Waals surface area (Å²) in [4.78, 5) is 10.9. The molecule has 0 saturated heterocycles. The van der Waals surface area contributed by atoms with E-state index in [4.69, 9.17) is 5.11 Å². The molecule has 1 aliphatic rings. The van der Waals surface area contributed by atoms with Gasteiger partial charge in [0.2, 0.25) is 0 Å². The molecule has 0 unspecified atom stereocenters. The van der Waals surface area contributed by atoms with Crippen LogP contribution in [0.1, 0.15) is 48.1 Å². The number of fused-ring (bicyclic) bond motifs is 1. The Morgan fingerprint density at radius 3 is 2.79 bits per heavy atom. The second-order valence-corrected chi connectivity index (χ2v) is 3.97. The molecule has 2 rings (SSSR count). The summed E-state index contributed by atoms with van der Waals surface area (Å²) in [5.41, 5.74) is 2.33. The van der Waals surface area contributed by atoms with E-state index in [1.54, 1.807) is 0 Å². The number of hydrogen-bond acceptors (Lipinski definition) is 2. The van der Waals surface area contributed by atoms with Crippen molar-refractivity contribution in [2.24, 2.45) is 0 Å². The van der Waals surface area contributed by atoms with Crippen molar-refractivity contribution in [3.8, 4) is 0 Å². The van der Waals surface area contributed by atoms with Crippen molar-refractivity contribution in [3.05, 3.63) is 17.0 Å². The fourth-order valence-electron chi connectivity index (χ4n) is 2.06. The summed E-state index contributed by atoms with van der Waals surface area (Å²) in [6.07, 6.45) is 2.89. The molecule has 0 radical (unpaired) electrons. The zero-order valence-electron chi connectivity index (χ0n) is 8.45. The Hall–Kier alpha value is -1.32. The molecule has 0 aliphatic heterocycles. The van der Waals surface area contributed by atoms with Gasteiger partial charge in [-0.3, -0.25) is 4.68 Å². The fourth-order valence-corrected chi connectivity index (χ4v) is 2.06. The Morgan fingerprint density at radius 1 is 1.50 bits per heavy atom. The van der Waals surface area contributed by atoms with Crippen molar-refractivity contribution < 1.29 is 9.90 Å². The molecular weight excluding hydrogens is 180 g/mol. The first kappa shape index (κ1) is 9.24. The zero-order chi connectivity index (χ0) is 10.3. The van der Waals surface area contributed by atoms with E-state index in [1.807, 2.05) is 18.5 Å². The maximum absolute atomic E-state index is 10.9. The van der Waals surface area contributed by atoms with E-state index < -0.39 is 5.97 Å². The molecule has 1 aliphatic carbocycles. The van der Waals surface area contributed by atoms with Crippen molar-refractivity contribution in [3.63, 3.8) is 0 Å². The number of rotatable bonds is 2. The summed E-state index contributed by atoms with van der Waals surface area (Å²) < 4.78 is 1.85. The molecule has 0 aromatic carbocycles. The van der Waals surface area contributed by atoms with Gasteiger partial charge in [0.15, 0.2) is 5.69 Å². The van der Waals surface area contributed by atoms with Gasteiger partial charge in [-0.25, -0.2) is 4.79 Å². The standard InChI is InChI=1S/C10H14N2O2/c1-6(2)12-8-5-3-4-7(8)9(11-12)10(13)14/h6H,3-5H2,1-2H3,(H,13,14). The number of aromatic carboxylic acids is 1. The molecule has 4 nitrogen and oxygen atoms in total. The molecule has 0 spiro atoms. The number of aromatic nitrogens is 2. The van der Waals surface area contributed by atoms with Gasteiger partial charge in [-0.15, -0.1) is 0 Å². The van der Waals surface area contributed by atoms with E-state index >= 15 is 0 Å². The van der Waals surface area contributed by atoms with E-state index in [0.29, 0.717) is 0 Å². The number of hydrogen-bond donors (Lipinski definition) is 1. The average Bonchev–Trinajstić information content (AvgIpc) is 2.59. The van der Waals surface area contributed by atoms with Crippen LogP contribution in [-0.4, -0.2) is 20.9 Å².